The summed E-state index contributed by atoms with van der Waals surface area (Å²) in [6.07, 6.45) is 8.09. The first-order valence-electron chi connectivity index (χ1n) is 3.97. The van der Waals surface area contributed by atoms with Crippen molar-refractivity contribution in [3.8, 4) is 0 Å². The molecule has 1 rings (SSSR count). The molecule has 1 N–H and O–H groups in total. The lowest BCUT2D eigenvalue weighted by Crippen LogP contribution is -2.23. The molecule has 3 nitrogen and oxygen atoms in total. The number of allylic oxidation sites excluding steroid dienone is 3. The summed E-state index contributed by atoms with van der Waals surface area (Å²) in [4.78, 5) is 10.7. The average Bonchev–Trinajstić information content (AvgIpc) is 2.16. The normalized spacial score (nSPS) is 14.1. The van der Waals surface area contributed by atoms with Gasteiger partial charge in [0.2, 0.25) is 0 Å². The molecule has 0 unspecified atom stereocenters. The van der Waals surface area contributed by atoms with Crippen molar-refractivity contribution in [2.45, 2.75) is 12.8 Å². The number of methoxy groups -OCH3 is 1. The van der Waals surface area contributed by atoms with Gasteiger partial charge in [0.1, 0.15) is 6.54 Å². The number of carbonyl (C=O) groups is 1. The number of nitrogens with one attached hydrogen (secondary N) is 1. The van der Waals surface area contributed by atoms with Gasteiger partial charge in [-0.2, -0.15) is 0 Å². The molecule has 0 radical (unpaired) electrons. The van der Waals surface area contributed by atoms with E-state index in [2.05, 4.69) is 28.3 Å². The molecule has 0 aromatic heterocycles. The molecule has 1 aliphatic carbocycles. The minimum absolute atomic E-state index is 0. The fourth-order valence-electron chi connectivity index (χ4n) is 1.00. The maximum Gasteiger partial charge on any atom is 0.325 e. The standard InChI is InChI=1S/C9H13NO2.ClH/c1-12-9(11)7-10-8-5-3-2-4-6-8;/h2-3,6,10H,4-5,7H2,1H3;1H. The van der Waals surface area contributed by atoms with Crippen LogP contribution in [0.25, 0.3) is 0 Å². The second-order valence-electron chi connectivity index (χ2n) is 2.57. The zero-order valence-corrected chi connectivity index (χ0v) is 8.39. The van der Waals surface area contributed by atoms with Crippen molar-refractivity contribution >= 4 is 18.4 Å². The summed E-state index contributed by atoms with van der Waals surface area (Å²) in [6, 6.07) is 0. The van der Waals surface area contributed by atoms with Crippen molar-refractivity contribution in [2.75, 3.05) is 13.7 Å². The van der Waals surface area contributed by atoms with E-state index >= 15 is 0 Å². The van der Waals surface area contributed by atoms with Crippen molar-refractivity contribution in [1.82, 2.24) is 5.32 Å². The van der Waals surface area contributed by atoms with Gasteiger partial charge in [-0.25, -0.2) is 0 Å². The Hall–Kier alpha value is -0.960. The van der Waals surface area contributed by atoms with Crippen LogP contribution in [0, 0.1) is 0 Å². The number of hydrogen-bond donors (Lipinski definition) is 1. The van der Waals surface area contributed by atoms with Crippen LogP contribution in [-0.4, -0.2) is 19.6 Å². The van der Waals surface area contributed by atoms with Gasteiger partial charge >= 0.3 is 5.97 Å². The van der Waals surface area contributed by atoms with Crippen LogP contribution in [0.4, 0.5) is 0 Å². The number of hydrogen-bond acceptors (Lipinski definition) is 3. The van der Waals surface area contributed by atoms with Gasteiger partial charge in [-0.05, 0) is 6.42 Å². The molecule has 0 aromatic carbocycles. The zero-order valence-electron chi connectivity index (χ0n) is 7.58. The van der Waals surface area contributed by atoms with Crippen molar-refractivity contribution in [3.05, 3.63) is 23.9 Å². The number of rotatable bonds is 3. The highest BCUT2D eigenvalue weighted by atomic mass is 35.5. The van der Waals surface area contributed by atoms with E-state index in [0.717, 1.165) is 18.5 Å². The largest absolute Gasteiger partial charge is 0.468 e. The van der Waals surface area contributed by atoms with Gasteiger partial charge in [0, 0.05) is 12.1 Å². The molecule has 74 valence electrons. The topological polar surface area (TPSA) is 38.3 Å². The van der Waals surface area contributed by atoms with Crippen LogP contribution in [0.2, 0.25) is 0 Å². The summed E-state index contributed by atoms with van der Waals surface area (Å²) in [5, 5.41) is 3.01. The Balaban J connectivity index is 0.00000144. The number of ether oxygens (including phenoxy) is 1. The van der Waals surface area contributed by atoms with E-state index in [1.165, 1.54) is 7.11 Å². The Morgan fingerprint density at radius 2 is 2.38 bits per heavy atom. The Kier molecular flexibility index (Phi) is 6.06. The Morgan fingerprint density at radius 1 is 1.62 bits per heavy atom. The van der Waals surface area contributed by atoms with Crippen LogP contribution in [0.3, 0.4) is 0 Å². The summed E-state index contributed by atoms with van der Waals surface area (Å²) in [5.41, 5.74) is 1.10. The highest BCUT2D eigenvalue weighted by Gasteiger charge is 2.01. The Bertz CT molecular complexity index is 224. The second-order valence-corrected chi connectivity index (χ2v) is 2.57. The molecule has 1 aliphatic rings. The summed E-state index contributed by atoms with van der Waals surface area (Å²) >= 11 is 0. The molecule has 0 spiro atoms. The first-order valence-corrected chi connectivity index (χ1v) is 3.97. The molecular formula is C9H14ClNO2. The average molecular weight is 204 g/mol. The Morgan fingerprint density at radius 3 is 2.92 bits per heavy atom. The highest BCUT2D eigenvalue weighted by molar-refractivity contribution is 5.85. The van der Waals surface area contributed by atoms with E-state index in [4.69, 9.17) is 0 Å². The monoisotopic (exact) mass is 203 g/mol. The molecule has 4 heteroatoms. The van der Waals surface area contributed by atoms with Gasteiger partial charge in [0.25, 0.3) is 0 Å². The minimum Gasteiger partial charge on any atom is -0.468 e. The van der Waals surface area contributed by atoms with Crippen molar-refractivity contribution in [3.63, 3.8) is 0 Å². The van der Waals surface area contributed by atoms with Gasteiger partial charge in [-0.15, -0.1) is 12.4 Å². The third-order valence-electron chi connectivity index (χ3n) is 1.69. The van der Waals surface area contributed by atoms with E-state index < -0.39 is 0 Å². The van der Waals surface area contributed by atoms with Crippen LogP contribution in [0.5, 0.6) is 0 Å². The summed E-state index contributed by atoms with van der Waals surface area (Å²) in [5.74, 6) is -0.231. The molecule has 0 heterocycles. The molecule has 13 heavy (non-hydrogen) atoms. The van der Waals surface area contributed by atoms with Gasteiger partial charge in [0.15, 0.2) is 0 Å². The summed E-state index contributed by atoms with van der Waals surface area (Å²) < 4.78 is 4.49. The van der Waals surface area contributed by atoms with E-state index in [9.17, 15) is 4.79 Å². The first-order chi connectivity index (χ1) is 5.83. The van der Waals surface area contributed by atoms with Crippen molar-refractivity contribution in [2.24, 2.45) is 0 Å². The van der Waals surface area contributed by atoms with E-state index in [1.807, 2.05) is 0 Å². The molecule has 0 amide bonds. The summed E-state index contributed by atoms with van der Waals surface area (Å²) in [6.45, 7) is 0.260. The maximum atomic E-state index is 10.7. The molecule has 0 atom stereocenters. The molecule has 0 fully saturated rings. The molecule has 0 bridgehead atoms. The van der Waals surface area contributed by atoms with Gasteiger partial charge < -0.3 is 10.1 Å². The van der Waals surface area contributed by atoms with Crippen molar-refractivity contribution < 1.29 is 9.53 Å². The van der Waals surface area contributed by atoms with Gasteiger partial charge in [0.05, 0.1) is 7.11 Å². The van der Waals surface area contributed by atoms with Crippen LogP contribution >= 0.6 is 12.4 Å². The third kappa shape index (κ3) is 4.58. The molecule has 0 aromatic rings. The lowest BCUT2D eigenvalue weighted by atomic mass is 10.1. The fraction of sp³-hybridized carbons (Fsp3) is 0.444. The maximum absolute atomic E-state index is 10.7. The summed E-state index contributed by atoms with van der Waals surface area (Å²) in [7, 11) is 1.39. The zero-order chi connectivity index (χ0) is 8.81. The predicted molar refractivity (Wildman–Crippen MR) is 53.7 cm³/mol. The van der Waals surface area contributed by atoms with Crippen LogP contribution < -0.4 is 5.32 Å². The lowest BCUT2D eigenvalue weighted by Gasteiger charge is -2.09. The van der Waals surface area contributed by atoms with E-state index in [-0.39, 0.29) is 24.9 Å². The molecule has 0 saturated carbocycles. The number of carbonyl (C=O) groups excluding carboxylic acids is 1. The lowest BCUT2D eigenvalue weighted by molar-refractivity contribution is -0.139. The van der Waals surface area contributed by atoms with Gasteiger partial charge in [-0.1, -0.05) is 18.2 Å². The minimum atomic E-state index is -0.231. The van der Waals surface area contributed by atoms with E-state index in [1.54, 1.807) is 0 Å². The first kappa shape index (κ1) is 12.0. The smallest absolute Gasteiger partial charge is 0.325 e. The van der Waals surface area contributed by atoms with Crippen LogP contribution in [0.1, 0.15) is 12.8 Å². The highest BCUT2D eigenvalue weighted by Crippen LogP contribution is 2.06. The van der Waals surface area contributed by atoms with Crippen LogP contribution in [0.15, 0.2) is 23.9 Å². The third-order valence-corrected chi connectivity index (χ3v) is 1.69. The quantitative estimate of drug-likeness (QED) is 0.557. The predicted octanol–water partition coefficient (Wildman–Crippen LogP) is 1.40. The number of esters is 1. The van der Waals surface area contributed by atoms with Crippen LogP contribution in [-0.2, 0) is 9.53 Å². The molecular weight excluding hydrogens is 190 g/mol. The van der Waals surface area contributed by atoms with Crippen molar-refractivity contribution in [1.29, 1.82) is 0 Å². The fourth-order valence-corrected chi connectivity index (χ4v) is 1.00. The SMILES string of the molecule is COC(=O)CNC1=CCC=CC1.Cl. The Labute approximate surface area is 84.3 Å². The second kappa shape index (κ2) is 6.54. The number of halogens is 1. The van der Waals surface area contributed by atoms with Gasteiger partial charge in [-0.3, -0.25) is 4.79 Å². The molecule has 0 saturated heterocycles. The van der Waals surface area contributed by atoms with E-state index in [0.29, 0.717) is 0 Å². The molecule has 0 aliphatic heterocycles.